The van der Waals surface area contributed by atoms with Crippen molar-refractivity contribution < 1.29 is 12.8 Å². The number of nitrogens with one attached hydrogen (secondary N) is 1. The molecule has 0 aliphatic heterocycles. The van der Waals surface area contributed by atoms with E-state index in [1.807, 2.05) is 0 Å². The van der Waals surface area contributed by atoms with Gasteiger partial charge in [-0.15, -0.1) is 0 Å². The number of aromatic nitrogens is 4. The fraction of sp³-hybridized carbons (Fsp3) is 0.250. The minimum Gasteiger partial charge on any atom is -0.271 e. The Morgan fingerprint density at radius 1 is 1.16 bits per heavy atom. The average molecular weight is 363 g/mol. The second-order valence-corrected chi connectivity index (χ2v) is 7.34. The number of sulfonamides is 1. The summed E-state index contributed by atoms with van der Waals surface area (Å²) in [6.45, 7) is 3.53. The molecule has 0 radical (unpaired) electrons. The summed E-state index contributed by atoms with van der Waals surface area (Å²) >= 11 is 0. The molecule has 0 aliphatic carbocycles. The molecule has 0 spiro atoms. The highest BCUT2D eigenvalue weighted by Crippen LogP contribution is 2.21. The highest BCUT2D eigenvalue weighted by Gasteiger charge is 2.24. The van der Waals surface area contributed by atoms with Gasteiger partial charge in [-0.3, -0.25) is 14.1 Å². The first kappa shape index (κ1) is 17.2. The van der Waals surface area contributed by atoms with Crippen molar-refractivity contribution in [2.24, 2.45) is 7.05 Å². The van der Waals surface area contributed by atoms with Crippen molar-refractivity contribution in [3.05, 3.63) is 59.3 Å². The fourth-order valence-electron chi connectivity index (χ4n) is 2.64. The number of rotatable bonds is 5. The van der Waals surface area contributed by atoms with E-state index in [9.17, 15) is 12.8 Å². The van der Waals surface area contributed by atoms with Crippen molar-refractivity contribution in [3.8, 4) is 0 Å². The average Bonchev–Trinajstić information content (AvgIpc) is 3.05. The van der Waals surface area contributed by atoms with Crippen LogP contribution in [0.5, 0.6) is 0 Å². The van der Waals surface area contributed by atoms with Crippen LogP contribution >= 0.6 is 0 Å². The van der Waals surface area contributed by atoms with Crippen LogP contribution in [0.1, 0.15) is 17.0 Å². The lowest BCUT2D eigenvalue weighted by atomic mass is 10.2. The molecule has 1 aromatic carbocycles. The molecule has 2 heterocycles. The predicted octanol–water partition coefficient (Wildman–Crippen LogP) is 2.22. The Morgan fingerprint density at radius 3 is 2.52 bits per heavy atom. The third-order valence-corrected chi connectivity index (χ3v) is 5.49. The van der Waals surface area contributed by atoms with Crippen molar-refractivity contribution >= 4 is 15.8 Å². The predicted molar refractivity (Wildman–Crippen MR) is 91.2 cm³/mol. The van der Waals surface area contributed by atoms with Crippen molar-refractivity contribution in [2.45, 2.75) is 25.3 Å². The minimum absolute atomic E-state index is 0.138. The van der Waals surface area contributed by atoms with Gasteiger partial charge in [0.25, 0.3) is 10.0 Å². The van der Waals surface area contributed by atoms with Gasteiger partial charge < -0.3 is 0 Å². The zero-order valence-corrected chi connectivity index (χ0v) is 14.9. The van der Waals surface area contributed by atoms with E-state index in [1.165, 1.54) is 21.5 Å². The summed E-state index contributed by atoms with van der Waals surface area (Å²) in [6, 6.07) is 7.90. The van der Waals surface area contributed by atoms with Gasteiger partial charge in [0.1, 0.15) is 10.7 Å². The molecule has 25 heavy (non-hydrogen) atoms. The summed E-state index contributed by atoms with van der Waals surface area (Å²) in [4.78, 5) is 0.138. The third-order valence-electron chi connectivity index (χ3n) is 3.88. The summed E-state index contributed by atoms with van der Waals surface area (Å²) in [5.41, 5.74) is 1.42. The Labute approximate surface area is 145 Å². The third kappa shape index (κ3) is 3.41. The number of anilines is 1. The molecule has 0 unspecified atom stereocenters. The molecule has 0 atom stereocenters. The maximum absolute atomic E-state index is 13.7. The van der Waals surface area contributed by atoms with Gasteiger partial charge in [-0.05, 0) is 19.9 Å². The molecule has 3 aromatic rings. The van der Waals surface area contributed by atoms with Crippen molar-refractivity contribution in [2.75, 3.05) is 4.72 Å². The summed E-state index contributed by atoms with van der Waals surface area (Å²) in [5.74, 6) is -0.166. The first-order chi connectivity index (χ1) is 11.8. The largest absolute Gasteiger partial charge is 0.271 e. The zero-order valence-electron chi connectivity index (χ0n) is 14.1. The van der Waals surface area contributed by atoms with Crippen LogP contribution in [-0.4, -0.2) is 28.0 Å². The SMILES string of the molecule is Cc1nn(C)c(C)c1S(=O)(=O)Nc1ccn(Cc2ccccc2F)n1. The monoisotopic (exact) mass is 363 g/mol. The lowest BCUT2D eigenvalue weighted by Crippen LogP contribution is -2.15. The Balaban J connectivity index is 1.82. The quantitative estimate of drug-likeness (QED) is 0.754. The van der Waals surface area contributed by atoms with Gasteiger partial charge in [0, 0.05) is 24.9 Å². The number of halogens is 1. The van der Waals surface area contributed by atoms with Gasteiger partial charge in [-0.1, -0.05) is 18.2 Å². The highest BCUT2D eigenvalue weighted by molar-refractivity contribution is 7.92. The van der Waals surface area contributed by atoms with Crippen molar-refractivity contribution in [3.63, 3.8) is 0 Å². The minimum atomic E-state index is -3.80. The summed E-state index contributed by atoms with van der Waals surface area (Å²) < 4.78 is 44.3. The van der Waals surface area contributed by atoms with E-state index < -0.39 is 10.0 Å². The number of hydrogen-bond donors (Lipinski definition) is 1. The van der Waals surface area contributed by atoms with Gasteiger partial charge >= 0.3 is 0 Å². The molecule has 9 heteroatoms. The first-order valence-corrected chi connectivity index (χ1v) is 9.06. The lowest BCUT2D eigenvalue weighted by Gasteiger charge is -2.06. The smallest absolute Gasteiger partial charge is 0.266 e. The summed E-state index contributed by atoms with van der Waals surface area (Å²) in [5, 5.41) is 8.28. The van der Waals surface area contributed by atoms with Gasteiger partial charge in [-0.2, -0.15) is 10.2 Å². The van der Waals surface area contributed by atoms with Gasteiger partial charge in [0.05, 0.1) is 17.9 Å². The molecule has 0 amide bonds. The Kier molecular flexibility index (Phi) is 4.34. The second kappa shape index (κ2) is 6.32. The van der Waals surface area contributed by atoms with E-state index in [2.05, 4.69) is 14.9 Å². The van der Waals surface area contributed by atoms with Gasteiger partial charge in [-0.25, -0.2) is 12.8 Å². The van der Waals surface area contributed by atoms with Crippen LogP contribution in [0.15, 0.2) is 41.4 Å². The number of benzene rings is 1. The molecule has 0 saturated carbocycles. The number of hydrogen-bond acceptors (Lipinski definition) is 4. The van der Waals surface area contributed by atoms with E-state index >= 15 is 0 Å². The molecule has 0 fully saturated rings. The summed E-state index contributed by atoms with van der Waals surface area (Å²) in [6.07, 6.45) is 1.59. The van der Waals surface area contributed by atoms with Crippen LogP contribution in [0.4, 0.5) is 10.2 Å². The zero-order chi connectivity index (χ0) is 18.2. The Morgan fingerprint density at radius 2 is 1.88 bits per heavy atom. The molecule has 1 N–H and O–H groups in total. The topological polar surface area (TPSA) is 81.8 Å². The van der Waals surface area contributed by atoms with Crippen LogP contribution < -0.4 is 4.72 Å². The number of nitrogens with zero attached hydrogens (tertiary/aromatic N) is 4. The first-order valence-electron chi connectivity index (χ1n) is 7.58. The van der Waals surface area contributed by atoms with E-state index in [-0.39, 0.29) is 23.1 Å². The standard InChI is InChI=1S/C16H18FN5O2S/c1-11-16(12(2)21(3)18-11)25(23,24)20-15-8-9-22(19-15)10-13-6-4-5-7-14(13)17/h4-9H,10H2,1-3H3,(H,19,20). The van der Waals surface area contributed by atoms with Crippen LogP contribution in [0.3, 0.4) is 0 Å². The van der Waals surface area contributed by atoms with Gasteiger partial charge in [0.15, 0.2) is 5.82 Å². The summed E-state index contributed by atoms with van der Waals surface area (Å²) in [7, 11) is -2.12. The van der Waals surface area contributed by atoms with Crippen LogP contribution in [0, 0.1) is 19.7 Å². The van der Waals surface area contributed by atoms with Crippen molar-refractivity contribution in [1.82, 2.24) is 19.6 Å². The molecular weight excluding hydrogens is 345 g/mol. The van der Waals surface area contributed by atoms with Crippen LogP contribution in [0.2, 0.25) is 0 Å². The Bertz CT molecular complexity index is 1020. The maximum Gasteiger partial charge on any atom is 0.266 e. The van der Waals surface area contributed by atoms with E-state index in [4.69, 9.17) is 0 Å². The lowest BCUT2D eigenvalue weighted by molar-refractivity contribution is 0.585. The normalized spacial score (nSPS) is 11.7. The van der Waals surface area contributed by atoms with E-state index in [0.717, 1.165) is 0 Å². The molecule has 3 rings (SSSR count). The second-order valence-electron chi connectivity index (χ2n) is 5.72. The fourth-order valence-corrected chi connectivity index (χ4v) is 4.07. The van der Waals surface area contributed by atoms with Crippen molar-refractivity contribution in [1.29, 1.82) is 0 Å². The molecule has 0 saturated heterocycles. The van der Waals surface area contributed by atoms with Crippen LogP contribution in [-0.2, 0) is 23.6 Å². The van der Waals surface area contributed by atoms with Crippen LogP contribution in [0.25, 0.3) is 0 Å². The number of aryl methyl sites for hydroxylation is 2. The maximum atomic E-state index is 13.7. The molecule has 0 bridgehead atoms. The molecule has 2 aromatic heterocycles. The highest BCUT2D eigenvalue weighted by atomic mass is 32.2. The Hall–Kier alpha value is -2.68. The molecule has 7 nitrogen and oxygen atoms in total. The van der Waals surface area contributed by atoms with E-state index in [1.54, 1.807) is 45.3 Å². The van der Waals surface area contributed by atoms with Gasteiger partial charge in [0.2, 0.25) is 0 Å². The van der Waals surface area contributed by atoms with E-state index in [0.29, 0.717) is 17.0 Å². The molecular formula is C16H18FN5O2S. The molecule has 0 aliphatic rings. The molecule has 132 valence electrons.